The number of ether oxygens (including phenoxy) is 1. The van der Waals surface area contributed by atoms with Gasteiger partial charge in [0.15, 0.2) is 0 Å². The van der Waals surface area contributed by atoms with Crippen molar-refractivity contribution >= 4 is 27.5 Å². The Morgan fingerprint density at radius 3 is 2.80 bits per heavy atom. The van der Waals surface area contributed by atoms with Gasteiger partial charge in [0.25, 0.3) is 0 Å². The lowest BCUT2D eigenvalue weighted by atomic mass is 10.1. The predicted octanol–water partition coefficient (Wildman–Crippen LogP) is 4.11. The summed E-state index contributed by atoms with van der Waals surface area (Å²) in [6.07, 6.45) is 3.25. The van der Waals surface area contributed by atoms with E-state index < -0.39 is 0 Å². The monoisotopic (exact) mass is 293 g/mol. The largest absolute Gasteiger partial charge is 0.477 e. The van der Waals surface area contributed by atoms with Crippen LogP contribution in [0.25, 0.3) is 10.2 Å². The number of anilines is 1. The highest BCUT2D eigenvalue weighted by Crippen LogP contribution is 2.31. The van der Waals surface area contributed by atoms with Crippen LogP contribution in [0.3, 0.4) is 0 Å². The molecule has 2 aromatic heterocycles. The molecule has 2 rings (SSSR count). The number of aryl methyl sites for hydroxylation is 1. The van der Waals surface area contributed by atoms with Gasteiger partial charge in [-0.25, -0.2) is 4.98 Å². The molecule has 0 fully saturated rings. The summed E-state index contributed by atoms with van der Waals surface area (Å²) in [6.45, 7) is 7.33. The molecular weight excluding hydrogens is 270 g/mol. The zero-order valence-electron chi connectivity index (χ0n) is 12.7. The maximum absolute atomic E-state index is 5.89. The van der Waals surface area contributed by atoms with Crippen molar-refractivity contribution in [2.75, 3.05) is 19.0 Å². The van der Waals surface area contributed by atoms with Gasteiger partial charge in [-0.2, -0.15) is 4.98 Å². The number of rotatable bonds is 7. The van der Waals surface area contributed by atoms with Crippen molar-refractivity contribution < 1.29 is 4.74 Å². The van der Waals surface area contributed by atoms with E-state index in [1.807, 2.05) is 7.05 Å². The minimum atomic E-state index is 0.626. The van der Waals surface area contributed by atoms with E-state index in [4.69, 9.17) is 4.74 Å². The first-order chi connectivity index (χ1) is 9.63. The Kier molecular flexibility index (Phi) is 5.17. The third-order valence-corrected chi connectivity index (χ3v) is 4.32. The highest BCUT2D eigenvalue weighted by Gasteiger charge is 2.12. The van der Waals surface area contributed by atoms with Gasteiger partial charge in [0, 0.05) is 11.9 Å². The summed E-state index contributed by atoms with van der Waals surface area (Å²) in [7, 11) is 1.83. The topological polar surface area (TPSA) is 47.0 Å². The van der Waals surface area contributed by atoms with Crippen LogP contribution in [0, 0.1) is 5.92 Å². The second-order valence-electron chi connectivity index (χ2n) is 5.27. The number of fused-ring (bicyclic) bond motifs is 1. The quantitative estimate of drug-likeness (QED) is 0.780. The van der Waals surface area contributed by atoms with Crippen LogP contribution in [0.5, 0.6) is 5.88 Å². The van der Waals surface area contributed by atoms with Gasteiger partial charge in [-0.15, -0.1) is 11.3 Å². The SMILES string of the molecule is CCc1cc2c(OCCCC(C)C)nc(NC)nc2s1. The summed E-state index contributed by atoms with van der Waals surface area (Å²) < 4.78 is 5.89. The minimum absolute atomic E-state index is 0.626. The van der Waals surface area contributed by atoms with Crippen molar-refractivity contribution in [3.63, 3.8) is 0 Å². The van der Waals surface area contributed by atoms with Gasteiger partial charge >= 0.3 is 0 Å². The van der Waals surface area contributed by atoms with Crippen LogP contribution in [0.1, 0.15) is 38.5 Å². The summed E-state index contributed by atoms with van der Waals surface area (Å²) in [6, 6.07) is 2.15. The Labute approximate surface area is 124 Å². The molecule has 0 spiro atoms. The zero-order chi connectivity index (χ0) is 14.5. The fourth-order valence-electron chi connectivity index (χ4n) is 2.00. The van der Waals surface area contributed by atoms with E-state index in [2.05, 4.69) is 42.1 Å². The van der Waals surface area contributed by atoms with E-state index in [-0.39, 0.29) is 0 Å². The molecule has 0 aromatic carbocycles. The van der Waals surface area contributed by atoms with E-state index in [1.54, 1.807) is 11.3 Å². The molecule has 0 bridgehead atoms. The Balaban J connectivity index is 2.18. The standard InChI is InChI=1S/C15H23N3OS/c1-5-11-9-12-13(19-8-6-7-10(2)3)17-15(16-4)18-14(12)20-11/h9-10H,5-8H2,1-4H3,(H,16,17,18). The number of hydrogen-bond donors (Lipinski definition) is 1. The maximum atomic E-state index is 5.89. The van der Waals surface area contributed by atoms with E-state index in [0.29, 0.717) is 24.4 Å². The molecule has 110 valence electrons. The van der Waals surface area contributed by atoms with Crippen LogP contribution >= 0.6 is 11.3 Å². The highest BCUT2D eigenvalue weighted by molar-refractivity contribution is 7.18. The van der Waals surface area contributed by atoms with Crippen LogP contribution in [-0.4, -0.2) is 23.6 Å². The molecule has 1 N–H and O–H groups in total. The molecule has 0 aliphatic carbocycles. The molecular formula is C15H23N3OS. The molecule has 2 aromatic rings. The molecule has 0 amide bonds. The lowest BCUT2D eigenvalue weighted by molar-refractivity contribution is 0.291. The number of nitrogens with one attached hydrogen (secondary N) is 1. The molecule has 0 atom stereocenters. The van der Waals surface area contributed by atoms with Crippen molar-refractivity contribution in [3.8, 4) is 5.88 Å². The van der Waals surface area contributed by atoms with Crippen molar-refractivity contribution in [2.24, 2.45) is 5.92 Å². The van der Waals surface area contributed by atoms with Gasteiger partial charge in [-0.05, 0) is 31.2 Å². The Bertz CT molecular complexity index is 565. The molecule has 0 saturated heterocycles. The van der Waals surface area contributed by atoms with Gasteiger partial charge in [0.05, 0.1) is 12.0 Å². The first kappa shape index (κ1) is 15.0. The number of aromatic nitrogens is 2. The average Bonchev–Trinajstić information content (AvgIpc) is 2.86. The third kappa shape index (κ3) is 3.60. The van der Waals surface area contributed by atoms with Crippen molar-refractivity contribution in [2.45, 2.75) is 40.0 Å². The lowest BCUT2D eigenvalue weighted by Crippen LogP contribution is -2.04. The van der Waals surface area contributed by atoms with Crippen LogP contribution in [0.4, 0.5) is 5.95 Å². The van der Waals surface area contributed by atoms with Gasteiger partial charge in [0.1, 0.15) is 4.83 Å². The van der Waals surface area contributed by atoms with Gasteiger partial charge in [0.2, 0.25) is 11.8 Å². The summed E-state index contributed by atoms with van der Waals surface area (Å²) in [5, 5.41) is 4.04. The molecule has 0 unspecified atom stereocenters. The summed E-state index contributed by atoms with van der Waals surface area (Å²) in [5.74, 6) is 2.05. The normalized spacial score (nSPS) is 11.2. The van der Waals surface area contributed by atoms with Crippen LogP contribution in [-0.2, 0) is 6.42 Å². The summed E-state index contributed by atoms with van der Waals surface area (Å²) >= 11 is 1.71. The van der Waals surface area contributed by atoms with Crippen molar-refractivity contribution in [3.05, 3.63) is 10.9 Å². The molecule has 20 heavy (non-hydrogen) atoms. The first-order valence-electron chi connectivity index (χ1n) is 7.25. The summed E-state index contributed by atoms with van der Waals surface area (Å²) in [5.41, 5.74) is 0. The fraction of sp³-hybridized carbons (Fsp3) is 0.600. The number of nitrogens with zero attached hydrogens (tertiary/aromatic N) is 2. The van der Waals surface area contributed by atoms with Gasteiger partial charge in [-0.3, -0.25) is 0 Å². The predicted molar refractivity (Wildman–Crippen MR) is 85.9 cm³/mol. The van der Waals surface area contributed by atoms with Crippen molar-refractivity contribution in [1.82, 2.24) is 9.97 Å². The van der Waals surface area contributed by atoms with Gasteiger partial charge < -0.3 is 10.1 Å². The highest BCUT2D eigenvalue weighted by atomic mass is 32.1. The van der Waals surface area contributed by atoms with Crippen LogP contribution < -0.4 is 10.1 Å². The molecule has 0 radical (unpaired) electrons. The zero-order valence-corrected chi connectivity index (χ0v) is 13.5. The van der Waals surface area contributed by atoms with Gasteiger partial charge in [-0.1, -0.05) is 20.8 Å². The maximum Gasteiger partial charge on any atom is 0.227 e. The first-order valence-corrected chi connectivity index (χ1v) is 8.06. The Morgan fingerprint density at radius 2 is 2.15 bits per heavy atom. The van der Waals surface area contributed by atoms with E-state index in [1.165, 1.54) is 11.3 Å². The van der Waals surface area contributed by atoms with E-state index in [0.717, 1.165) is 23.1 Å². The van der Waals surface area contributed by atoms with Crippen LogP contribution in [0.15, 0.2) is 6.07 Å². The molecule has 4 nitrogen and oxygen atoms in total. The molecule has 2 heterocycles. The second kappa shape index (κ2) is 6.88. The molecule has 0 aliphatic heterocycles. The average molecular weight is 293 g/mol. The van der Waals surface area contributed by atoms with Crippen molar-refractivity contribution in [1.29, 1.82) is 0 Å². The summed E-state index contributed by atoms with van der Waals surface area (Å²) in [4.78, 5) is 11.3. The van der Waals surface area contributed by atoms with E-state index in [9.17, 15) is 0 Å². The Morgan fingerprint density at radius 1 is 1.35 bits per heavy atom. The lowest BCUT2D eigenvalue weighted by Gasteiger charge is -2.09. The number of thiophene rings is 1. The molecule has 0 saturated carbocycles. The minimum Gasteiger partial charge on any atom is -0.477 e. The third-order valence-electron chi connectivity index (χ3n) is 3.15. The number of hydrogen-bond acceptors (Lipinski definition) is 5. The van der Waals surface area contributed by atoms with E-state index >= 15 is 0 Å². The van der Waals surface area contributed by atoms with Crippen LogP contribution in [0.2, 0.25) is 0 Å². The fourth-order valence-corrected chi connectivity index (χ4v) is 2.96. The second-order valence-corrected chi connectivity index (χ2v) is 6.39. The smallest absolute Gasteiger partial charge is 0.227 e. The Hall–Kier alpha value is -1.36. The molecule has 5 heteroatoms. The molecule has 0 aliphatic rings.